The molecule has 1 unspecified atom stereocenters. The number of rotatable bonds is 20. The van der Waals surface area contributed by atoms with Crippen LogP contribution in [0.15, 0.2) is 48.4 Å². The Morgan fingerprint density at radius 2 is 1.47 bits per heavy atom. The minimum absolute atomic E-state index is 0.0330. The molecule has 6 amide bonds. The van der Waals surface area contributed by atoms with E-state index in [-0.39, 0.29) is 68.1 Å². The Balaban J connectivity index is 1.51. The number of alkyl carbamates (subject to hydrolysis) is 4. The summed E-state index contributed by atoms with van der Waals surface area (Å²) in [6.45, 7) is 20.5. The minimum Gasteiger partial charge on any atom is -0.491 e. The van der Waals surface area contributed by atoms with Gasteiger partial charge in [-0.05, 0) is 145 Å². The lowest BCUT2D eigenvalue weighted by molar-refractivity contribution is -0.384. The highest BCUT2D eigenvalue weighted by Crippen LogP contribution is 2.39. The van der Waals surface area contributed by atoms with E-state index in [1.807, 2.05) is 0 Å². The molecule has 1 aromatic carbocycles. The number of aliphatic hydroxyl groups excluding tert-OH is 3. The fourth-order valence-corrected chi connectivity index (χ4v) is 10.1. The van der Waals surface area contributed by atoms with E-state index in [4.69, 9.17) is 37.9 Å². The number of nitro benzene ring substituents is 1. The topological polar surface area (TPSA) is 376 Å². The summed E-state index contributed by atoms with van der Waals surface area (Å²) >= 11 is 0. The van der Waals surface area contributed by atoms with Crippen molar-refractivity contribution < 1.29 is 92.0 Å². The first kappa shape index (κ1) is 67.2. The van der Waals surface area contributed by atoms with Crippen molar-refractivity contribution in [2.75, 3.05) is 33.3 Å². The number of nitrogens with zero attached hydrogens (tertiary/aromatic N) is 2. The number of benzene rings is 1. The quantitative estimate of drug-likeness (QED) is 0.0386. The molecule has 466 valence electrons. The summed E-state index contributed by atoms with van der Waals surface area (Å²) in [6, 6.07) is 0.582. The average molecular weight is 1180 g/mol. The maximum Gasteiger partial charge on any atom is 0.412 e. The Morgan fingerprint density at radius 3 is 2.07 bits per heavy atom. The monoisotopic (exact) mass is 1180 g/mol. The number of hydrogen-bond acceptors (Lipinski definition) is 21. The van der Waals surface area contributed by atoms with Crippen LogP contribution in [0.5, 0.6) is 0 Å². The van der Waals surface area contributed by atoms with Gasteiger partial charge in [-0.25, -0.2) is 24.0 Å². The first-order chi connectivity index (χ1) is 38.5. The molecular weight excluding hydrogens is 1090 g/mol. The van der Waals surface area contributed by atoms with E-state index in [9.17, 15) is 59.3 Å². The summed E-state index contributed by atoms with van der Waals surface area (Å²) < 4.78 is 46.3. The smallest absolute Gasteiger partial charge is 0.412 e. The van der Waals surface area contributed by atoms with Gasteiger partial charge in [0.15, 0.2) is 6.29 Å². The summed E-state index contributed by atoms with van der Waals surface area (Å²) in [7, 11) is 1.31. The molecule has 0 bridgehead atoms. The van der Waals surface area contributed by atoms with Crippen LogP contribution in [0.25, 0.3) is 0 Å². The molecule has 5 rings (SSSR count). The molecule has 1 saturated heterocycles. The van der Waals surface area contributed by atoms with Crippen molar-refractivity contribution in [1.29, 1.82) is 0 Å². The molecule has 3 fully saturated rings. The Hall–Kier alpha value is -6.56. The number of aliphatic hydroxyl groups is 4. The van der Waals surface area contributed by atoms with Crippen LogP contribution < -0.4 is 31.9 Å². The van der Waals surface area contributed by atoms with Gasteiger partial charge in [0, 0.05) is 49.8 Å². The van der Waals surface area contributed by atoms with E-state index in [0.717, 1.165) is 4.90 Å². The van der Waals surface area contributed by atoms with E-state index in [1.54, 1.807) is 75.3 Å². The lowest BCUT2D eigenvalue weighted by Gasteiger charge is -2.52. The summed E-state index contributed by atoms with van der Waals surface area (Å²) in [5, 5.41) is 76.3. The van der Waals surface area contributed by atoms with Gasteiger partial charge in [-0.3, -0.25) is 14.9 Å². The van der Waals surface area contributed by atoms with Crippen LogP contribution in [-0.2, 0) is 49.3 Å². The van der Waals surface area contributed by atoms with Gasteiger partial charge < -0.3 is 95.1 Å². The number of nitro groups is 1. The standard InChI is InChI=1S/C55H86N8O20/c1-29(2)78-49(70)59-32-22-31(23-32)25-57-35-19-18-34(26-58-47(68)76-27-30-14-16-33(17-15-30)63(74)75)79-42(35)39-36(61-50(71)82-53(6,7)8)24-37(60-45(67)38(64)20-21-56-48(69)81-52(3,4)5)43(40(39)65)80-46-41(66)44(55(12,73)28-77-46)62(13)51(72)83-54(9,10)11/h14-18,31-32,35-44,46,57,64-66,73H,1,19-28H2,2-13H3,(H,56,69)(H,58,68)(H,59,70)(H,60,67)(H,61,71)/t31?,32?,35-,36+,37-,38+,39?,40+,41-,42+,43+,44-,46-,55+/m1/s1. The summed E-state index contributed by atoms with van der Waals surface area (Å²) in [6.07, 6.45) is -11.6. The summed E-state index contributed by atoms with van der Waals surface area (Å²) in [4.78, 5) is 90.9. The predicted octanol–water partition coefficient (Wildman–Crippen LogP) is 3.61. The maximum absolute atomic E-state index is 14.1. The number of nitrogens with one attached hydrogen (secondary N) is 6. The van der Waals surface area contributed by atoms with Gasteiger partial charge in [-0.2, -0.15) is 0 Å². The fourth-order valence-electron chi connectivity index (χ4n) is 10.1. The summed E-state index contributed by atoms with van der Waals surface area (Å²) in [5.41, 5.74) is -4.42. The van der Waals surface area contributed by atoms with E-state index in [2.05, 4.69) is 38.5 Å². The van der Waals surface area contributed by atoms with Crippen LogP contribution in [0.3, 0.4) is 0 Å². The normalized spacial score (nSPS) is 28.4. The third-order valence-corrected chi connectivity index (χ3v) is 13.8. The van der Waals surface area contributed by atoms with Crippen molar-refractivity contribution in [3.05, 3.63) is 64.1 Å². The van der Waals surface area contributed by atoms with E-state index >= 15 is 0 Å². The molecule has 2 aliphatic carbocycles. The highest BCUT2D eigenvalue weighted by molar-refractivity contribution is 5.81. The Bertz CT molecular complexity index is 2470. The Kier molecular flexibility index (Phi) is 23.0. The zero-order valence-corrected chi connectivity index (χ0v) is 49.4. The number of ether oxygens (including phenoxy) is 8. The first-order valence-corrected chi connectivity index (χ1v) is 27.6. The first-order valence-electron chi connectivity index (χ1n) is 27.6. The molecule has 1 aromatic rings. The number of amides is 6. The number of hydrogen-bond donors (Lipinski definition) is 10. The number of non-ortho nitro benzene ring substituents is 1. The van der Waals surface area contributed by atoms with Gasteiger partial charge in [0.2, 0.25) is 5.91 Å². The average Bonchev–Trinajstić information content (AvgIpc) is 3.48. The van der Waals surface area contributed by atoms with Gasteiger partial charge in [0.1, 0.15) is 59.2 Å². The van der Waals surface area contributed by atoms with Gasteiger partial charge in [-0.15, -0.1) is 0 Å². The molecule has 12 atom stereocenters. The molecule has 83 heavy (non-hydrogen) atoms. The highest BCUT2D eigenvalue weighted by atomic mass is 16.7. The maximum atomic E-state index is 14.1. The molecule has 28 heteroatoms. The second-order valence-corrected chi connectivity index (χ2v) is 24.7. The van der Waals surface area contributed by atoms with Crippen LogP contribution >= 0.6 is 0 Å². The number of carbonyl (C=O) groups is 6. The van der Waals surface area contributed by atoms with E-state index in [0.29, 0.717) is 24.9 Å². The molecule has 2 heterocycles. The zero-order valence-electron chi connectivity index (χ0n) is 49.4. The molecule has 4 aliphatic rings. The van der Waals surface area contributed by atoms with Crippen molar-refractivity contribution in [2.45, 2.75) is 204 Å². The largest absolute Gasteiger partial charge is 0.491 e. The number of allylic oxidation sites excluding steroid dienone is 1. The van der Waals surface area contributed by atoms with Crippen molar-refractivity contribution in [3.63, 3.8) is 0 Å². The number of carbonyl (C=O) groups excluding carboxylic acids is 6. The zero-order chi connectivity index (χ0) is 61.9. The van der Waals surface area contributed by atoms with Crippen LogP contribution in [0.2, 0.25) is 0 Å². The van der Waals surface area contributed by atoms with Gasteiger partial charge in [0.25, 0.3) is 5.69 Å². The second kappa shape index (κ2) is 28.3. The van der Waals surface area contributed by atoms with E-state index in [1.165, 1.54) is 38.2 Å². The van der Waals surface area contributed by atoms with Gasteiger partial charge in [0.05, 0.1) is 42.0 Å². The van der Waals surface area contributed by atoms with Crippen molar-refractivity contribution in [1.82, 2.24) is 36.8 Å². The molecular formula is C55H86N8O20. The third-order valence-electron chi connectivity index (χ3n) is 13.8. The molecule has 10 N–H and O–H groups in total. The lowest BCUT2D eigenvalue weighted by Crippen LogP contribution is -2.71. The molecule has 0 radical (unpaired) electrons. The molecule has 2 aliphatic heterocycles. The van der Waals surface area contributed by atoms with Crippen LogP contribution in [0.4, 0.5) is 29.7 Å². The predicted molar refractivity (Wildman–Crippen MR) is 295 cm³/mol. The van der Waals surface area contributed by atoms with Gasteiger partial charge in [-0.1, -0.05) is 6.58 Å². The SMILES string of the molecule is C=C(C)OC(=O)NC1CC(CN[C@@H]2CC=C(CNC(=O)OCc3ccc([N+](=O)[O-])cc3)O[C@@H]2C2[C@@H](NC(=O)OC(C)(C)C)C[C@@H](NC(=O)[C@@H](O)CCNC(=O)OC(C)(C)C)[C@H](O[C@H]3OC[C@](C)(O)[C@H](N(C)C(=O)OC(C)(C)C)[C@H]3O)[C@H]2O)C1. The molecule has 0 spiro atoms. The Morgan fingerprint density at radius 1 is 0.843 bits per heavy atom. The van der Waals surface area contributed by atoms with Gasteiger partial charge >= 0.3 is 30.5 Å². The molecule has 0 aromatic heterocycles. The van der Waals surface area contributed by atoms with Crippen molar-refractivity contribution >= 4 is 42.1 Å². The Labute approximate surface area is 483 Å². The fraction of sp³-hybridized carbons (Fsp3) is 0.709. The van der Waals surface area contributed by atoms with Crippen LogP contribution in [0.1, 0.15) is 114 Å². The third kappa shape index (κ3) is 20.6. The molecule has 28 nitrogen and oxygen atoms in total. The number of likely N-dealkylation sites (N-methyl/N-ethyl adjacent to an activating group) is 1. The highest BCUT2D eigenvalue weighted by Gasteiger charge is 2.56. The van der Waals surface area contributed by atoms with Crippen LogP contribution in [-0.4, -0.2) is 189 Å². The minimum atomic E-state index is -1.90. The summed E-state index contributed by atoms with van der Waals surface area (Å²) in [5.74, 6) is -1.77. The molecule has 2 saturated carbocycles. The van der Waals surface area contributed by atoms with E-state index < -0.39 is 137 Å². The van der Waals surface area contributed by atoms with Crippen molar-refractivity contribution in [3.8, 4) is 0 Å². The second-order valence-electron chi connectivity index (χ2n) is 24.7. The lowest BCUT2D eigenvalue weighted by atomic mass is 9.71. The van der Waals surface area contributed by atoms with Crippen molar-refractivity contribution in [2.24, 2.45) is 11.8 Å². The van der Waals surface area contributed by atoms with Crippen LogP contribution in [0, 0.1) is 22.0 Å².